The Labute approximate surface area is 159 Å². The third-order valence-electron chi connectivity index (χ3n) is 4.82. The lowest BCUT2D eigenvalue weighted by atomic mass is 10.2. The average molecular weight is 369 g/mol. The van der Waals surface area contributed by atoms with Crippen LogP contribution in [0.15, 0.2) is 41.2 Å². The van der Waals surface area contributed by atoms with Gasteiger partial charge in [0.2, 0.25) is 0 Å². The molecule has 1 amide bonds. The largest absolute Gasteiger partial charge is 0.369 e. The minimum absolute atomic E-state index is 0.184. The van der Waals surface area contributed by atoms with E-state index < -0.39 is 0 Å². The van der Waals surface area contributed by atoms with E-state index in [9.17, 15) is 9.59 Å². The number of unbranched alkanes of at least 4 members (excludes halogenated alkanes) is 1. The van der Waals surface area contributed by atoms with Gasteiger partial charge in [-0.2, -0.15) is 5.10 Å². The summed E-state index contributed by atoms with van der Waals surface area (Å²) < 4.78 is 1.36. The monoisotopic (exact) mass is 369 g/mol. The Morgan fingerprint density at radius 2 is 1.78 bits per heavy atom. The summed E-state index contributed by atoms with van der Waals surface area (Å²) >= 11 is 0. The number of nitrogens with one attached hydrogen (secondary N) is 1. The van der Waals surface area contributed by atoms with E-state index in [2.05, 4.69) is 27.3 Å². The number of nitrogens with zero attached hydrogens (tertiary/aromatic N) is 4. The highest BCUT2D eigenvalue weighted by molar-refractivity contribution is 6.02. The van der Waals surface area contributed by atoms with Gasteiger partial charge in [-0.15, -0.1) is 0 Å². The highest BCUT2D eigenvalue weighted by atomic mass is 16.2. The molecule has 1 aromatic carbocycles. The zero-order chi connectivity index (χ0) is 19.2. The summed E-state index contributed by atoms with van der Waals surface area (Å²) in [5.41, 5.74) is 1.93. The van der Waals surface area contributed by atoms with E-state index in [1.165, 1.54) is 16.8 Å². The normalized spacial score (nSPS) is 15.0. The summed E-state index contributed by atoms with van der Waals surface area (Å²) in [5.74, 6) is -0.312. The molecule has 7 heteroatoms. The van der Waals surface area contributed by atoms with Crippen molar-refractivity contribution in [3.8, 4) is 0 Å². The van der Waals surface area contributed by atoms with E-state index in [1.54, 1.807) is 0 Å². The molecular weight excluding hydrogens is 342 g/mol. The number of carbonyl (C=O) groups excluding carboxylic acids is 1. The van der Waals surface area contributed by atoms with Crippen molar-refractivity contribution in [3.63, 3.8) is 0 Å². The van der Waals surface area contributed by atoms with Crippen LogP contribution >= 0.6 is 0 Å². The van der Waals surface area contributed by atoms with Crippen LogP contribution < -0.4 is 15.8 Å². The first-order valence-corrected chi connectivity index (χ1v) is 9.50. The van der Waals surface area contributed by atoms with Gasteiger partial charge in [0.1, 0.15) is 5.69 Å². The van der Waals surface area contributed by atoms with Crippen LogP contribution in [0.2, 0.25) is 0 Å². The lowest BCUT2D eigenvalue weighted by Crippen LogP contribution is -2.44. The SMILES string of the molecule is CCCCn1nc(C(=O)Nc2ccc(N3CCN(C)CC3)cc2)ccc1=O. The van der Waals surface area contributed by atoms with Gasteiger partial charge in [0.05, 0.1) is 0 Å². The van der Waals surface area contributed by atoms with Crippen molar-refractivity contribution in [2.75, 3.05) is 43.4 Å². The van der Waals surface area contributed by atoms with Gasteiger partial charge in [-0.3, -0.25) is 9.59 Å². The number of aryl methyl sites for hydroxylation is 1. The summed E-state index contributed by atoms with van der Waals surface area (Å²) in [7, 11) is 2.13. The zero-order valence-electron chi connectivity index (χ0n) is 16.0. The molecule has 0 saturated carbocycles. The molecule has 2 aromatic rings. The van der Waals surface area contributed by atoms with E-state index in [0.717, 1.165) is 44.7 Å². The number of likely N-dealkylation sites (N-methyl/N-ethyl adjacent to an activating group) is 1. The maximum atomic E-state index is 12.5. The second-order valence-corrected chi connectivity index (χ2v) is 6.92. The van der Waals surface area contributed by atoms with Crippen molar-refractivity contribution < 1.29 is 4.79 Å². The molecule has 0 aliphatic carbocycles. The van der Waals surface area contributed by atoms with Crippen LogP contribution in [0, 0.1) is 0 Å². The standard InChI is InChI=1S/C20H27N5O2/c1-3-4-11-25-19(26)10-9-18(22-25)20(27)21-16-5-7-17(8-6-16)24-14-12-23(2)13-15-24/h5-10H,3-4,11-15H2,1-2H3,(H,21,27). The summed E-state index contributed by atoms with van der Waals surface area (Å²) in [4.78, 5) is 29.0. The van der Waals surface area contributed by atoms with Gasteiger partial charge in [0, 0.05) is 50.2 Å². The topological polar surface area (TPSA) is 70.5 Å². The minimum atomic E-state index is -0.312. The lowest BCUT2D eigenvalue weighted by molar-refractivity contribution is 0.101. The van der Waals surface area contributed by atoms with Gasteiger partial charge < -0.3 is 15.1 Å². The van der Waals surface area contributed by atoms with Crippen molar-refractivity contribution in [1.29, 1.82) is 0 Å². The van der Waals surface area contributed by atoms with Crippen LogP contribution in [0.1, 0.15) is 30.3 Å². The van der Waals surface area contributed by atoms with Gasteiger partial charge in [0.15, 0.2) is 0 Å². The zero-order valence-corrected chi connectivity index (χ0v) is 16.0. The molecule has 1 saturated heterocycles. The molecule has 0 unspecified atom stereocenters. The molecule has 1 aliphatic heterocycles. The summed E-state index contributed by atoms with van der Waals surface area (Å²) in [6.07, 6.45) is 1.82. The molecule has 27 heavy (non-hydrogen) atoms. The molecular formula is C20H27N5O2. The van der Waals surface area contributed by atoms with Gasteiger partial charge in [0.25, 0.3) is 11.5 Å². The Bertz CT molecular complexity index is 823. The van der Waals surface area contributed by atoms with Crippen LogP contribution in [-0.4, -0.2) is 53.8 Å². The Morgan fingerprint density at radius 1 is 1.07 bits per heavy atom. The Morgan fingerprint density at radius 3 is 2.44 bits per heavy atom. The van der Waals surface area contributed by atoms with Gasteiger partial charge >= 0.3 is 0 Å². The van der Waals surface area contributed by atoms with Crippen LogP contribution in [0.25, 0.3) is 0 Å². The molecule has 1 aliphatic rings. The fourth-order valence-corrected chi connectivity index (χ4v) is 3.05. The Balaban J connectivity index is 1.65. The van der Waals surface area contributed by atoms with Crippen LogP contribution in [0.4, 0.5) is 11.4 Å². The van der Waals surface area contributed by atoms with E-state index in [0.29, 0.717) is 12.2 Å². The van der Waals surface area contributed by atoms with Gasteiger partial charge in [-0.1, -0.05) is 13.3 Å². The number of benzene rings is 1. The third-order valence-corrected chi connectivity index (χ3v) is 4.82. The Hall–Kier alpha value is -2.67. The summed E-state index contributed by atoms with van der Waals surface area (Å²) in [6.45, 7) is 6.69. The number of carbonyl (C=O) groups is 1. The number of rotatable bonds is 6. The Kier molecular flexibility index (Phi) is 6.24. The van der Waals surface area contributed by atoms with E-state index in [-0.39, 0.29) is 17.2 Å². The molecule has 0 atom stereocenters. The van der Waals surface area contributed by atoms with E-state index >= 15 is 0 Å². The molecule has 0 spiro atoms. The van der Waals surface area contributed by atoms with Crippen LogP contribution in [-0.2, 0) is 6.54 Å². The maximum Gasteiger partial charge on any atom is 0.276 e. The smallest absolute Gasteiger partial charge is 0.276 e. The molecule has 144 valence electrons. The fraction of sp³-hybridized carbons (Fsp3) is 0.450. The predicted molar refractivity (Wildman–Crippen MR) is 108 cm³/mol. The van der Waals surface area contributed by atoms with E-state index in [4.69, 9.17) is 0 Å². The van der Waals surface area contributed by atoms with Gasteiger partial charge in [-0.25, -0.2) is 4.68 Å². The molecule has 1 fully saturated rings. The first-order chi connectivity index (χ1) is 13.1. The van der Waals surface area contributed by atoms with Crippen molar-refractivity contribution in [2.24, 2.45) is 0 Å². The van der Waals surface area contributed by atoms with Crippen LogP contribution in [0.3, 0.4) is 0 Å². The minimum Gasteiger partial charge on any atom is -0.369 e. The number of anilines is 2. The molecule has 0 radical (unpaired) electrons. The number of piperazine rings is 1. The highest BCUT2D eigenvalue weighted by Gasteiger charge is 2.15. The molecule has 7 nitrogen and oxygen atoms in total. The molecule has 3 rings (SSSR count). The first-order valence-electron chi connectivity index (χ1n) is 9.50. The molecule has 0 bridgehead atoms. The number of hydrogen-bond acceptors (Lipinski definition) is 5. The quantitative estimate of drug-likeness (QED) is 0.844. The first kappa shape index (κ1) is 19.1. The summed E-state index contributed by atoms with van der Waals surface area (Å²) in [5, 5.41) is 7.04. The van der Waals surface area contributed by atoms with Crippen molar-refractivity contribution in [2.45, 2.75) is 26.3 Å². The average Bonchev–Trinajstić information content (AvgIpc) is 2.68. The highest BCUT2D eigenvalue weighted by Crippen LogP contribution is 2.19. The van der Waals surface area contributed by atoms with Crippen LogP contribution in [0.5, 0.6) is 0 Å². The predicted octanol–water partition coefficient (Wildman–Crippen LogP) is 2.05. The second-order valence-electron chi connectivity index (χ2n) is 6.92. The van der Waals surface area contributed by atoms with Crippen molar-refractivity contribution in [3.05, 3.63) is 52.4 Å². The fourth-order valence-electron chi connectivity index (χ4n) is 3.05. The molecule has 2 heterocycles. The third kappa shape index (κ3) is 4.95. The van der Waals surface area contributed by atoms with E-state index in [1.807, 2.05) is 31.2 Å². The molecule has 1 aromatic heterocycles. The number of aromatic nitrogens is 2. The summed E-state index contributed by atoms with van der Waals surface area (Å²) in [6, 6.07) is 10.7. The maximum absolute atomic E-state index is 12.5. The second kappa shape index (κ2) is 8.81. The number of amides is 1. The molecule has 1 N–H and O–H groups in total. The lowest BCUT2D eigenvalue weighted by Gasteiger charge is -2.34. The van der Waals surface area contributed by atoms with Crippen molar-refractivity contribution >= 4 is 17.3 Å². The van der Waals surface area contributed by atoms with Gasteiger partial charge in [-0.05, 0) is 43.8 Å². The van der Waals surface area contributed by atoms with Crippen molar-refractivity contribution in [1.82, 2.24) is 14.7 Å². The number of hydrogen-bond donors (Lipinski definition) is 1.